The Balaban J connectivity index is 2.69. The predicted molar refractivity (Wildman–Crippen MR) is 56.9 cm³/mol. The molecule has 18 heavy (non-hydrogen) atoms. The van der Waals surface area contributed by atoms with Crippen LogP contribution in [0.5, 0.6) is 0 Å². The molecule has 1 heterocycles. The summed E-state index contributed by atoms with van der Waals surface area (Å²) in [6.45, 7) is -1.78. The van der Waals surface area contributed by atoms with Crippen molar-refractivity contribution in [2.75, 3.05) is 40.0 Å². The quantitative estimate of drug-likeness (QED) is 0.714. The molecule has 2 atom stereocenters. The van der Waals surface area contributed by atoms with Gasteiger partial charge in [-0.3, -0.25) is 4.79 Å². The minimum absolute atomic E-state index is 0.101. The van der Waals surface area contributed by atoms with Gasteiger partial charge in [0.25, 0.3) is 0 Å². The zero-order valence-corrected chi connectivity index (χ0v) is 10.0. The second-order valence-corrected chi connectivity index (χ2v) is 4.14. The van der Waals surface area contributed by atoms with Crippen molar-refractivity contribution in [1.82, 2.24) is 10.2 Å². The summed E-state index contributed by atoms with van der Waals surface area (Å²) in [6.07, 6.45) is -4.47. The third kappa shape index (κ3) is 4.11. The van der Waals surface area contributed by atoms with Gasteiger partial charge in [0.1, 0.15) is 6.54 Å². The highest BCUT2D eigenvalue weighted by atomic mass is 19.4. The number of hydrogen-bond acceptors (Lipinski definition) is 4. The van der Waals surface area contributed by atoms with E-state index in [0.717, 1.165) is 0 Å². The van der Waals surface area contributed by atoms with Crippen molar-refractivity contribution in [2.24, 2.45) is 5.92 Å². The Morgan fingerprint density at radius 3 is 2.67 bits per heavy atom. The molecule has 0 aromatic heterocycles. The molecule has 1 aliphatic rings. The number of ether oxygens (including phenoxy) is 1. The molecular formula is C10H17F3N2O3. The van der Waals surface area contributed by atoms with Crippen LogP contribution in [0.1, 0.15) is 0 Å². The Hall–Kier alpha value is -0.860. The Bertz CT molecular complexity index is 286. The lowest BCUT2D eigenvalue weighted by Crippen LogP contribution is -2.48. The second kappa shape index (κ2) is 6.35. The van der Waals surface area contributed by atoms with Gasteiger partial charge in [0.2, 0.25) is 5.91 Å². The average Bonchev–Trinajstić information content (AvgIpc) is 2.73. The lowest BCUT2D eigenvalue weighted by atomic mass is 10.0. The molecule has 0 aliphatic carbocycles. The zero-order chi connectivity index (χ0) is 13.8. The monoisotopic (exact) mass is 270 g/mol. The third-order valence-electron chi connectivity index (χ3n) is 2.82. The molecule has 5 nitrogen and oxygen atoms in total. The fraction of sp³-hybridized carbons (Fsp3) is 0.900. The molecule has 0 aromatic carbocycles. The lowest BCUT2D eigenvalue weighted by Gasteiger charge is -2.27. The standard InChI is InChI=1S/C10H17F3N2O3/c1-14-8-5-18-4-7(8)9(17)15(2-3-16)6-10(11,12)13/h7-8,14,16H,2-6H2,1H3. The highest BCUT2D eigenvalue weighted by Crippen LogP contribution is 2.21. The van der Waals surface area contributed by atoms with E-state index in [1.54, 1.807) is 7.05 Å². The number of rotatable bonds is 5. The smallest absolute Gasteiger partial charge is 0.395 e. The number of aliphatic hydroxyl groups excluding tert-OH is 1. The van der Waals surface area contributed by atoms with E-state index >= 15 is 0 Å². The molecule has 2 N–H and O–H groups in total. The van der Waals surface area contributed by atoms with Crippen molar-refractivity contribution >= 4 is 5.91 Å². The van der Waals surface area contributed by atoms with Gasteiger partial charge in [-0.1, -0.05) is 0 Å². The summed E-state index contributed by atoms with van der Waals surface area (Å²) < 4.78 is 42.1. The summed E-state index contributed by atoms with van der Waals surface area (Å²) in [6, 6.07) is -0.285. The average molecular weight is 270 g/mol. The van der Waals surface area contributed by atoms with E-state index in [2.05, 4.69) is 5.32 Å². The number of alkyl halides is 3. The van der Waals surface area contributed by atoms with Crippen LogP contribution in [0.2, 0.25) is 0 Å². The molecular weight excluding hydrogens is 253 g/mol. The van der Waals surface area contributed by atoms with Crippen LogP contribution in [0.4, 0.5) is 13.2 Å². The van der Waals surface area contributed by atoms with Gasteiger partial charge in [-0.2, -0.15) is 13.2 Å². The largest absolute Gasteiger partial charge is 0.406 e. The molecule has 0 saturated carbocycles. The number of halogens is 3. The fourth-order valence-electron chi connectivity index (χ4n) is 1.92. The minimum Gasteiger partial charge on any atom is -0.395 e. The van der Waals surface area contributed by atoms with Crippen molar-refractivity contribution in [3.63, 3.8) is 0 Å². The van der Waals surface area contributed by atoms with Crippen LogP contribution in [0, 0.1) is 5.92 Å². The van der Waals surface area contributed by atoms with Gasteiger partial charge in [-0.05, 0) is 7.05 Å². The van der Waals surface area contributed by atoms with E-state index in [-0.39, 0.29) is 19.2 Å². The lowest BCUT2D eigenvalue weighted by molar-refractivity contribution is -0.164. The van der Waals surface area contributed by atoms with Crippen molar-refractivity contribution in [3.05, 3.63) is 0 Å². The van der Waals surface area contributed by atoms with Gasteiger partial charge in [-0.25, -0.2) is 0 Å². The molecule has 106 valence electrons. The Morgan fingerprint density at radius 2 is 2.17 bits per heavy atom. The summed E-state index contributed by atoms with van der Waals surface area (Å²) in [4.78, 5) is 12.6. The first-order valence-corrected chi connectivity index (χ1v) is 5.60. The first-order chi connectivity index (χ1) is 8.39. The Labute approximate surface area is 103 Å². The molecule has 0 bridgehead atoms. The van der Waals surface area contributed by atoms with Gasteiger partial charge >= 0.3 is 6.18 Å². The van der Waals surface area contributed by atoms with Gasteiger partial charge in [0.05, 0.1) is 25.7 Å². The van der Waals surface area contributed by atoms with Crippen molar-refractivity contribution in [1.29, 1.82) is 0 Å². The fourth-order valence-corrected chi connectivity index (χ4v) is 1.92. The van der Waals surface area contributed by atoms with E-state index < -0.39 is 31.2 Å². The summed E-state index contributed by atoms with van der Waals surface area (Å²) in [7, 11) is 1.62. The number of aliphatic hydroxyl groups is 1. The normalized spacial score (nSPS) is 24.3. The molecule has 0 radical (unpaired) electrons. The first-order valence-electron chi connectivity index (χ1n) is 5.60. The number of nitrogens with zero attached hydrogens (tertiary/aromatic N) is 1. The van der Waals surface area contributed by atoms with Crippen molar-refractivity contribution in [2.45, 2.75) is 12.2 Å². The summed E-state index contributed by atoms with van der Waals surface area (Å²) in [5, 5.41) is 11.6. The maximum Gasteiger partial charge on any atom is 0.406 e. The molecule has 1 fully saturated rings. The summed E-state index contributed by atoms with van der Waals surface area (Å²) >= 11 is 0. The van der Waals surface area contributed by atoms with Crippen LogP contribution in [0.3, 0.4) is 0 Å². The molecule has 2 unspecified atom stereocenters. The van der Waals surface area contributed by atoms with Gasteiger partial charge < -0.3 is 20.1 Å². The van der Waals surface area contributed by atoms with Crippen LogP contribution in [0.15, 0.2) is 0 Å². The molecule has 1 rings (SSSR count). The zero-order valence-electron chi connectivity index (χ0n) is 10.0. The van der Waals surface area contributed by atoms with Gasteiger partial charge in [0, 0.05) is 12.6 Å². The van der Waals surface area contributed by atoms with Crippen LogP contribution < -0.4 is 5.32 Å². The molecule has 1 aliphatic heterocycles. The van der Waals surface area contributed by atoms with Crippen LogP contribution >= 0.6 is 0 Å². The highest BCUT2D eigenvalue weighted by molar-refractivity contribution is 5.80. The molecule has 1 amide bonds. The van der Waals surface area contributed by atoms with Crippen LogP contribution in [0.25, 0.3) is 0 Å². The van der Waals surface area contributed by atoms with E-state index in [1.165, 1.54) is 0 Å². The number of carbonyl (C=O) groups is 1. The van der Waals surface area contributed by atoms with Crippen molar-refractivity contribution in [3.8, 4) is 0 Å². The van der Waals surface area contributed by atoms with E-state index in [9.17, 15) is 18.0 Å². The van der Waals surface area contributed by atoms with Gasteiger partial charge in [0.15, 0.2) is 0 Å². The third-order valence-corrected chi connectivity index (χ3v) is 2.82. The molecule has 0 spiro atoms. The number of amides is 1. The number of hydrogen-bond donors (Lipinski definition) is 2. The van der Waals surface area contributed by atoms with Crippen molar-refractivity contribution < 1.29 is 27.8 Å². The number of carbonyl (C=O) groups excluding carboxylic acids is 1. The molecule has 8 heteroatoms. The predicted octanol–water partition coefficient (Wildman–Crippen LogP) is -0.396. The minimum atomic E-state index is -4.47. The van der Waals surface area contributed by atoms with Crippen LogP contribution in [-0.2, 0) is 9.53 Å². The van der Waals surface area contributed by atoms with Crippen LogP contribution in [-0.4, -0.2) is 68.1 Å². The molecule has 1 saturated heterocycles. The maximum atomic E-state index is 12.3. The van der Waals surface area contributed by atoms with Gasteiger partial charge in [-0.15, -0.1) is 0 Å². The van der Waals surface area contributed by atoms with E-state index in [4.69, 9.17) is 9.84 Å². The summed E-state index contributed by atoms with van der Waals surface area (Å²) in [5.41, 5.74) is 0. The van der Waals surface area contributed by atoms with E-state index in [0.29, 0.717) is 11.5 Å². The summed E-state index contributed by atoms with van der Waals surface area (Å²) in [5.74, 6) is -1.28. The second-order valence-electron chi connectivity index (χ2n) is 4.14. The van der Waals surface area contributed by atoms with E-state index in [1.807, 2.05) is 0 Å². The topological polar surface area (TPSA) is 61.8 Å². The highest BCUT2D eigenvalue weighted by Gasteiger charge is 2.39. The molecule has 0 aromatic rings. The SMILES string of the molecule is CNC1COCC1C(=O)N(CCO)CC(F)(F)F. The first kappa shape index (κ1) is 15.2. The Kier molecular flexibility index (Phi) is 5.36. The maximum absolute atomic E-state index is 12.3. The number of likely N-dealkylation sites (N-methyl/N-ethyl adjacent to an activating group) is 1. The number of nitrogens with one attached hydrogen (secondary N) is 1. The Morgan fingerprint density at radius 1 is 1.50 bits per heavy atom.